The molecule has 1 rings (SSSR count). The SMILES string of the molecule is CCCCCCCCCCNCC1(SC)CC1. The molecule has 0 bridgehead atoms. The van der Waals surface area contributed by atoms with Gasteiger partial charge in [-0.3, -0.25) is 0 Å². The van der Waals surface area contributed by atoms with Crippen LogP contribution in [-0.2, 0) is 0 Å². The number of rotatable bonds is 12. The van der Waals surface area contributed by atoms with Crippen LogP contribution in [0.15, 0.2) is 0 Å². The highest BCUT2D eigenvalue weighted by Gasteiger charge is 2.41. The van der Waals surface area contributed by atoms with Gasteiger partial charge in [-0.05, 0) is 32.1 Å². The lowest BCUT2D eigenvalue weighted by molar-refractivity contribution is 0.552. The van der Waals surface area contributed by atoms with Gasteiger partial charge in [0.2, 0.25) is 0 Å². The van der Waals surface area contributed by atoms with Crippen molar-refractivity contribution in [3.05, 3.63) is 0 Å². The van der Waals surface area contributed by atoms with E-state index in [2.05, 4.69) is 30.3 Å². The Kier molecular flexibility index (Phi) is 8.38. The Hall–Kier alpha value is 0.310. The van der Waals surface area contributed by atoms with Crippen molar-refractivity contribution in [2.75, 3.05) is 19.3 Å². The molecular formula is C15H31NS. The summed E-state index contributed by atoms with van der Waals surface area (Å²) in [5, 5.41) is 3.63. The lowest BCUT2D eigenvalue weighted by Gasteiger charge is -2.12. The third kappa shape index (κ3) is 7.35. The van der Waals surface area contributed by atoms with Crippen molar-refractivity contribution in [3.8, 4) is 0 Å². The van der Waals surface area contributed by atoms with Gasteiger partial charge >= 0.3 is 0 Å². The number of nitrogens with one attached hydrogen (secondary N) is 1. The van der Waals surface area contributed by atoms with Crippen LogP contribution >= 0.6 is 11.8 Å². The number of thioether (sulfide) groups is 1. The maximum atomic E-state index is 3.63. The third-order valence-electron chi connectivity index (χ3n) is 3.89. The highest BCUT2D eigenvalue weighted by Crippen LogP contribution is 2.46. The summed E-state index contributed by atoms with van der Waals surface area (Å²) in [6, 6.07) is 0. The van der Waals surface area contributed by atoms with Crippen LogP contribution in [0.2, 0.25) is 0 Å². The molecule has 0 unspecified atom stereocenters. The second kappa shape index (κ2) is 9.27. The Labute approximate surface area is 113 Å². The molecule has 1 saturated carbocycles. The summed E-state index contributed by atoms with van der Waals surface area (Å²) < 4.78 is 0.639. The van der Waals surface area contributed by atoms with Gasteiger partial charge in [-0.1, -0.05) is 51.9 Å². The summed E-state index contributed by atoms with van der Waals surface area (Å²) >= 11 is 2.06. The normalized spacial score (nSPS) is 17.3. The van der Waals surface area contributed by atoms with Crippen molar-refractivity contribution >= 4 is 11.8 Å². The minimum Gasteiger partial charge on any atom is -0.315 e. The van der Waals surface area contributed by atoms with Crippen LogP contribution in [0.5, 0.6) is 0 Å². The van der Waals surface area contributed by atoms with E-state index in [1.165, 1.54) is 77.3 Å². The van der Waals surface area contributed by atoms with Gasteiger partial charge in [0.25, 0.3) is 0 Å². The molecule has 0 atom stereocenters. The van der Waals surface area contributed by atoms with E-state index in [1.54, 1.807) is 0 Å². The molecule has 0 aliphatic heterocycles. The van der Waals surface area contributed by atoms with Crippen LogP contribution in [0.3, 0.4) is 0 Å². The zero-order valence-electron chi connectivity index (χ0n) is 11.9. The largest absolute Gasteiger partial charge is 0.315 e. The van der Waals surface area contributed by atoms with Crippen LogP contribution in [-0.4, -0.2) is 24.1 Å². The number of unbranched alkanes of at least 4 members (excludes halogenated alkanes) is 7. The zero-order chi connectivity index (χ0) is 12.4. The summed E-state index contributed by atoms with van der Waals surface area (Å²) in [6.07, 6.45) is 16.5. The van der Waals surface area contributed by atoms with Gasteiger partial charge in [0.15, 0.2) is 0 Å². The van der Waals surface area contributed by atoms with Crippen LogP contribution in [0.25, 0.3) is 0 Å². The molecule has 0 aromatic heterocycles. The molecule has 1 N–H and O–H groups in total. The molecule has 1 fully saturated rings. The third-order valence-corrected chi connectivity index (χ3v) is 5.31. The van der Waals surface area contributed by atoms with Gasteiger partial charge in [0.1, 0.15) is 0 Å². The maximum absolute atomic E-state index is 3.63. The average molecular weight is 257 g/mol. The molecule has 0 saturated heterocycles. The first kappa shape index (κ1) is 15.4. The fourth-order valence-electron chi connectivity index (χ4n) is 2.29. The fourth-order valence-corrected chi connectivity index (χ4v) is 3.05. The van der Waals surface area contributed by atoms with E-state index in [-0.39, 0.29) is 0 Å². The maximum Gasteiger partial charge on any atom is 0.0282 e. The van der Waals surface area contributed by atoms with Crippen molar-refractivity contribution in [1.29, 1.82) is 0 Å². The summed E-state index contributed by atoms with van der Waals surface area (Å²) in [6.45, 7) is 4.76. The van der Waals surface area contributed by atoms with Gasteiger partial charge in [-0.25, -0.2) is 0 Å². The zero-order valence-corrected chi connectivity index (χ0v) is 12.7. The number of hydrogen-bond donors (Lipinski definition) is 1. The molecule has 0 spiro atoms. The van der Waals surface area contributed by atoms with E-state index < -0.39 is 0 Å². The van der Waals surface area contributed by atoms with E-state index in [9.17, 15) is 0 Å². The van der Waals surface area contributed by atoms with Crippen molar-refractivity contribution < 1.29 is 0 Å². The fraction of sp³-hybridized carbons (Fsp3) is 1.00. The minimum atomic E-state index is 0.639. The van der Waals surface area contributed by atoms with E-state index in [1.807, 2.05) is 0 Å². The molecule has 2 heteroatoms. The van der Waals surface area contributed by atoms with Crippen LogP contribution in [0.4, 0.5) is 0 Å². The summed E-state index contributed by atoms with van der Waals surface area (Å²) in [5.41, 5.74) is 0. The van der Waals surface area contributed by atoms with E-state index in [4.69, 9.17) is 0 Å². The van der Waals surface area contributed by atoms with Gasteiger partial charge in [-0.2, -0.15) is 11.8 Å². The standard InChI is InChI=1S/C15H31NS/c1-3-4-5-6-7-8-9-10-13-16-14-15(17-2)11-12-15/h16H,3-14H2,1-2H3. The average Bonchev–Trinajstić information content (AvgIpc) is 3.12. The molecule has 1 nitrogen and oxygen atoms in total. The Morgan fingerprint density at radius 1 is 0.941 bits per heavy atom. The molecule has 0 aromatic carbocycles. The van der Waals surface area contributed by atoms with Crippen LogP contribution in [0, 0.1) is 0 Å². The monoisotopic (exact) mass is 257 g/mol. The predicted molar refractivity (Wildman–Crippen MR) is 81.0 cm³/mol. The lowest BCUT2D eigenvalue weighted by atomic mass is 10.1. The second-order valence-electron chi connectivity index (χ2n) is 5.54. The second-order valence-corrected chi connectivity index (χ2v) is 6.81. The summed E-state index contributed by atoms with van der Waals surface area (Å²) in [5.74, 6) is 0. The van der Waals surface area contributed by atoms with Crippen molar-refractivity contribution in [1.82, 2.24) is 5.32 Å². The first-order valence-electron chi connectivity index (χ1n) is 7.59. The van der Waals surface area contributed by atoms with Crippen molar-refractivity contribution in [2.45, 2.75) is 75.9 Å². The van der Waals surface area contributed by atoms with Crippen molar-refractivity contribution in [3.63, 3.8) is 0 Å². The highest BCUT2D eigenvalue weighted by atomic mass is 32.2. The first-order valence-corrected chi connectivity index (χ1v) is 8.81. The highest BCUT2D eigenvalue weighted by molar-refractivity contribution is 8.00. The summed E-state index contributed by atoms with van der Waals surface area (Å²) in [4.78, 5) is 0. The van der Waals surface area contributed by atoms with Crippen LogP contribution in [0.1, 0.15) is 71.1 Å². The summed E-state index contributed by atoms with van der Waals surface area (Å²) in [7, 11) is 0. The topological polar surface area (TPSA) is 12.0 Å². The Morgan fingerprint density at radius 3 is 2.06 bits per heavy atom. The quantitative estimate of drug-likeness (QED) is 0.512. The molecule has 0 aromatic rings. The van der Waals surface area contributed by atoms with E-state index in [0.717, 1.165) is 0 Å². The molecule has 1 aliphatic rings. The Morgan fingerprint density at radius 2 is 1.53 bits per heavy atom. The van der Waals surface area contributed by atoms with E-state index >= 15 is 0 Å². The Bertz CT molecular complexity index is 178. The first-order chi connectivity index (χ1) is 8.33. The smallest absolute Gasteiger partial charge is 0.0282 e. The molecule has 0 heterocycles. The van der Waals surface area contributed by atoms with Gasteiger partial charge in [-0.15, -0.1) is 0 Å². The molecular weight excluding hydrogens is 226 g/mol. The molecule has 0 amide bonds. The van der Waals surface area contributed by atoms with Gasteiger partial charge < -0.3 is 5.32 Å². The molecule has 102 valence electrons. The van der Waals surface area contributed by atoms with Crippen LogP contribution < -0.4 is 5.32 Å². The molecule has 17 heavy (non-hydrogen) atoms. The van der Waals surface area contributed by atoms with Gasteiger partial charge in [0.05, 0.1) is 0 Å². The Balaban J connectivity index is 1.73. The number of hydrogen-bond acceptors (Lipinski definition) is 2. The molecule has 1 aliphatic carbocycles. The van der Waals surface area contributed by atoms with Crippen molar-refractivity contribution in [2.24, 2.45) is 0 Å². The van der Waals surface area contributed by atoms with E-state index in [0.29, 0.717) is 4.75 Å². The minimum absolute atomic E-state index is 0.639. The van der Waals surface area contributed by atoms with Gasteiger partial charge in [0, 0.05) is 11.3 Å². The predicted octanol–water partition coefficient (Wildman–Crippen LogP) is 4.61. The molecule has 0 radical (unpaired) electrons. The lowest BCUT2D eigenvalue weighted by Crippen LogP contribution is -2.26.